The number of hydrogen-bond acceptors (Lipinski definition) is 3. The Morgan fingerprint density at radius 3 is 2.13 bits per heavy atom. The van der Waals surface area contributed by atoms with Crippen molar-refractivity contribution in [3.8, 4) is 0 Å². The Labute approximate surface area is 91.8 Å². The molecule has 1 rings (SSSR count). The van der Waals surface area contributed by atoms with Crippen LogP contribution >= 0.6 is 0 Å². The third-order valence-electron chi connectivity index (χ3n) is 2.89. The molecule has 0 aromatic carbocycles. The van der Waals surface area contributed by atoms with Crippen molar-refractivity contribution in [3.63, 3.8) is 0 Å². The van der Waals surface area contributed by atoms with E-state index in [0.717, 1.165) is 25.7 Å². The van der Waals surface area contributed by atoms with Crippen LogP contribution in [0.3, 0.4) is 0 Å². The Kier molecular flexibility index (Phi) is 6.41. The quantitative estimate of drug-likeness (QED) is 0.630. The van der Waals surface area contributed by atoms with Crippen molar-refractivity contribution in [1.82, 2.24) is 0 Å². The molecule has 1 saturated heterocycles. The highest BCUT2D eigenvalue weighted by molar-refractivity contribution is 5.74. The van der Waals surface area contributed by atoms with E-state index in [0.29, 0.717) is 13.0 Å². The van der Waals surface area contributed by atoms with Crippen LogP contribution in [0, 0.1) is 0 Å². The van der Waals surface area contributed by atoms with Crippen LogP contribution in [0.15, 0.2) is 0 Å². The predicted molar refractivity (Wildman–Crippen MR) is 58.5 cm³/mol. The summed E-state index contributed by atoms with van der Waals surface area (Å²) in [5.41, 5.74) is 0. The van der Waals surface area contributed by atoms with E-state index in [1.54, 1.807) is 0 Å². The fourth-order valence-electron chi connectivity index (χ4n) is 1.89. The number of aliphatic hydroxyl groups excluding tert-OH is 1. The van der Waals surface area contributed by atoms with Gasteiger partial charge in [-0.25, -0.2) is 4.79 Å². The van der Waals surface area contributed by atoms with E-state index < -0.39 is 12.1 Å². The molecule has 0 bridgehead atoms. The lowest BCUT2D eigenvalue weighted by Gasteiger charge is -2.09. The van der Waals surface area contributed by atoms with Crippen molar-refractivity contribution < 1.29 is 14.6 Å². The molecule has 1 heterocycles. The van der Waals surface area contributed by atoms with Crippen LogP contribution in [0.4, 0.5) is 0 Å². The van der Waals surface area contributed by atoms with Crippen molar-refractivity contribution in [3.05, 3.63) is 0 Å². The van der Waals surface area contributed by atoms with Gasteiger partial charge in [0.05, 0.1) is 6.61 Å². The molecule has 0 amide bonds. The number of esters is 1. The van der Waals surface area contributed by atoms with Gasteiger partial charge in [0.25, 0.3) is 0 Å². The average Bonchev–Trinajstić information content (AvgIpc) is 2.25. The molecule has 3 heteroatoms. The zero-order valence-corrected chi connectivity index (χ0v) is 9.41. The van der Waals surface area contributed by atoms with Gasteiger partial charge in [-0.1, -0.05) is 44.9 Å². The van der Waals surface area contributed by atoms with Gasteiger partial charge in [-0.05, 0) is 12.8 Å². The van der Waals surface area contributed by atoms with Gasteiger partial charge in [-0.15, -0.1) is 0 Å². The molecule has 0 aromatic heterocycles. The van der Waals surface area contributed by atoms with Crippen LogP contribution in [0.5, 0.6) is 0 Å². The first-order chi connectivity index (χ1) is 7.30. The van der Waals surface area contributed by atoms with Crippen molar-refractivity contribution >= 4 is 5.97 Å². The lowest BCUT2D eigenvalue weighted by molar-refractivity contribution is -0.154. The van der Waals surface area contributed by atoms with E-state index in [-0.39, 0.29) is 0 Å². The summed E-state index contributed by atoms with van der Waals surface area (Å²) in [6.07, 6.45) is 8.79. The van der Waals surface area contributed by atoms with Crippen LogP contribution in [-0.4, -0.2) is 23.8 Å². The van der Waals surface area contributed by atoms with E-state index in [1.165, 1.54) is 25.7 Å². The summed E-state index contributed by atoms with van der Waals surface area (Å²) in [7, 11) is 0. The second-order valence-corrected chi connectivity index (χ2v) is 4.30. The van der Waals surface area contributed by atoms with E-state index in [9.17, 15) is 9.90 Å². The van der Waals surface area contributed by atoms with Crippen LogP contribution in [-0.2, 0) is 9.53 Å². The largest absolute Gasteiger partial charge is 0.464 e. The molecule has 3 nitrogen and oxygen atoms in total. The molecule has 0 spiro atoms. The van der Waals surface area contributed by atoms with Gasteiger partial charge >= 0.3 is 5.97 Å². The smallest absolute Gasteiger partial charge is 0.334 e. The molecule has 0 radical (unpaired) electrons. The number of carbonyl (C=O) groups excluding carboxylic acids is 1. The topological polar surface area (TPSA) is 46.5 Å². The first-order valence-corrected chi connectivity index (χ1v) is 6.15. The highest BCUT2D eigenvalue weighted by atomic mass is 16.5. The Morgan fingerprint density at radius 2 is 1.47 bits per heavy atom. The van der Waals surface area contributed by atoms with Crippen LogP contribution in [0.1, 0.15) is 57.8 Å². The molecule has 1 unspecified atom stereocenters. The van der Waals surface area contributed by atoms with Gasteiger partial charge in [0, 0.05) is 0 Å². The molecule has 1 aliphatic rings. The normalized spacial score (nSPS) is 27.0. The minimum absolute atomic E-state index is 0.436. The summed E-state index contributed by atoms with van der Waals surface area (Å²) in [4.78, 5) is 11.2. The number of hydrogen-bond donors (Lipinski definition) is 1. The summed E-state index contributed by atoms with van der Waals surface area (Å²) < 4.78 is 4.98. The molecule has 15 heavy (non-hydrogen) atoms. The van der Waals surface area contributed by atoms with Gasteiger partial charge in [-0.3, -0.25) is 0 Å². The second-order valence-electron chi connectivity index (χ2n) is 4.30. The molecule has 0 aromatic rings. The van der Waals surface area contributed by atoms with Crippen LogP contribution in [0.25, 0.3) is 0 Å². The summed E-state index contributed by atoms with van der Waals surface area (Å²) in [6.45, 7) is 0.468. The Morgan fingerprint density at radius 1 is 0.933 bits per heavy atom. The van der Waals surface area contributed by atoms with Crippen molar-refractivity contribution in [2.24, 2.45) is 0 Å². The number of carbonyl (C=O) groups is 1. The average molecular weight is 214 g/mol. The van der Waals surface area contributed by atoms with Gasteiger partial charge in [0.2, 0.25) is 0 Å². The molecule has 1 fully saturated rings. The third-order valence-corrected chi connectivity index (χ3v) is 2.89. The Bertz CT molecular complexity index is 180. The monoisotopic (exact) mass is 214 g/mol. The van der Waals surface area contributed by atoms with E-state index in [1.807, 2.05) is 0 Å². The van der Waals surface area contributed by atoms with Crippen molar-refractivity contribution in [2.45, 2.75) is 63.9 Å². The lowest BCUT2D eigenvalue weighted by Crippen LogP contribution is -2.23. The molecular formula is C12H22O3. The van der Waals surface area contributed by atoms with Gasteiger partial charge < -0.3 is 9.84 Å². The molecule has 88 valence electrons. The molecule has 1 atom stereocenters. The lowest BCUT2D eigenvalue weighted by atomic mass is 10.1. The van der Waals surface area contributed by atoms with E-state index in [4.69, 9.17) is 4.74 Å². The zero-order valence-electron chi connectivity index (χ0n) is 9.41. The maximum Gasteiger partial charge on any atom is 0.334 e. The minimum atomic E-state index is -0.897. The molecule has 1 aliphatic heterocycles. The predicted octanol–water partition coefficient (Wildman–Crippen LogP) is 2.42. The fraction of sp³-hybridized carbons (Fsp3) is 0.917. The van der Waals surface area contributed by atoms with Crippen molar-refractivity contribution in [2.75, 3.05) is 6.61 Å². The zero-order chi connectivity index (χ0) is 10.9. The standard InChI is InChI=1S/C12H22O3/c13-11-9-7-5-3-1-2-4-6-8-10-15-12(11)14/h11,13H,1-10H2. The highest BCUT2D eigenvalue weighted by Gasteiger charge is 2.15. The SMILES string of the molecule is O=C1OCCCCCCCCCCC1O. The molecule has 0 aliphatic carbocycles. The van der Waals surface area contributed by atoms with E-state index in [2.05, 4.69) is 0 Å². The number of ether oxygens (including phenoxy) is 1. The van der Waals surface area contributed by atoms with Crippen LogP contribution < -0.4 is 0 Å². The third kappa shape index (κ3) is 5.78. The van der Waals surface area contributed by atoms with Gasteiger partial charge in [-0.2, -0.15) is 0 Å². The fourth-order valence-corrected chi connectivity index (χ4v) is 1.89. The maximum absolute atomic E-state index is 11.2. The minimum Gasteiger partial charge on any atom is -0.464 e. The summed E-state index contributed by atoms with van der Waals surface area (Å²) in [5, 5.41) is 9.46. The highest BCUT2D eigenvalue weighted by Crippen LogP contribution is 2.12. The number of aliphatic hydroxyl groups is 1. The number of cyclic esters (lactones) is 1. The van der Waals surface area contributed by atoms with Crippen LogP contribution in [0.2, 0.25) is 0 Å². The summed E-state index contributed by atoms with van der Waals surface area (Å²) in [5.74, 6) is -0.436. The van der Waals surface area contributed by atoms with Gasteiger partial charge in [0.1, 0.15) is 0 Å². The second kappa shape index (κ2) is 7.69. The molecular weight excluding hydrogens is 192 g/mol. The number of rotatable bonds is 0. The molecule has 0 saturated carbocycles. The Balaban J connectivity index is 2.27. The van der Waals surface area contributed by atoms with Crippen molar-refractivity contribution in [1.29, 1.82) is 0 Å². The maximum atomic E-state index is 11.2. The molecule has 1 N–H and O–H groups in total. The van der Waals surface area contributed by atoms with Gasteiger partial charge in [0.15, 0.2) is 6.10 Å². The van der Waals surface area contributed by atoms with E-state index >= 15 is 0 Å². The Hall–Kier alpha value is -0.570. The summed E-state index contributed by atoms with van der Waals surface area (Å²) >= 11 is 0. The summed E-state index contributed by atoms with van der Waals surface area (Å²) in [6, 6.07) is 0. The first-order valence-electron chi connectivity index (χ1n) is 6.15. The first kappa shape index (κ1) is 12.5.